The molecule has 2 rings (SSSR count). The quantitative estimate of drug-likeness (QED) is 0.874. The van der Waals surface area contributed by atoms with E-state index < -0.39 is 0 Å². The third-order valence-electron chi connectivity index (χ3n) is 3.17. The van der Waals surface area contributed by atoms with E-state index in [-0.39, 0.29) is 5.91 Å². The van der Waals surface area contributed by atoms with Gasteiger partial charge in [-0.1, -0.05) is 0 Å². The Morgan fingerprint density at radius 3 is 3.00 bits per heavy atom. The minimum atomic E-state index is -0.00729. The number of hydrogen-bond donors (Lipinski definition) is 2. The maximum Gasteiger partial charge on any atom is 0.251 e. The third kappa shape index (κ3) is 3.63. The molecular weight excluding hydrogens is 246 g/mol. The number of thioether (sulfide) groups is 1. The number of amides is 1. The second kappa shape index (κ2) is 6.64. The van der Waals surface area contributed by atoms with E-state index in [0.29, 0.717) is 11.5 Å². The smallest absolute Gasteiger partial charge is 0.251 e. The van der Waals surface area contributed by atoms with E-state index in [1.54, 1.807) is 25.4 Å². The molecule has 0 aromatic carbocycles. The van der Waals surface area contributed by atoms with Crippen molar-refractivity contribution >= 4 is 23.5 Å². The Bertz CT molecular complexity index is 405. The van der Waals surface area contributed by atoms with E-state index in [1.807, 2.05) is 11.8 Å². The standard InChI is InChI=1S/C13H19N3OS/c1-14-12-8-11(2-5-15-12)13(17)16-9-10-3-6-18-7-4-10/h2,5,8,10H,3-4,6-7,9H2,1H3,(H,14,15)(H,16,17). The molecule has 1 saturated heterocycles. The van der Waals surface area contributed by atoms with Gasteiger partial charge in [-0.25, -0.2) is 4.98 Å². The molecular formula is C13H19N3OS. The first-order chi connectivity index (χ1) is 8.79. The van der Waals surface area contributed by atoms with Gasteiger partial charge >= 0.3 is 0 Å². The Balaban J connectivity index is 1.86. The molecule has 1 amide bonds. The van der Waals surface area contributed by atoms with Crippen LogP contribution in [0.3, 0.4) is 0 Å². The first-order valence-electron chi connectivity index (χ1n) is 6.29. The molecule has 0 bridgehead atoms. The van der Waals surface area contributed by atoms with Gasteiger partial charge in [0.25, 0.3) is 5.91 Å². The molecule has 18 heavy (non-hydrogen) atoms. The molecule has 0 atom stereocenters. The zero-order chi connectivity index (χ0) is 12.8. The molecule has 1 aromatic heterocycles. The summed E-state index contributed by atoms with van der Waals surface area (Å²) >= 11 is 2.00. The summed E-state index contributed by atoms with van der Waals surface area (Å²) in [6, 6.07) is 3.51. The molecule has 2 N–H and O–H groups in total. The van der Waals surface area contributed by atoms with Crippen LogP contribution >= 0.6 is 11.8 Å². The molecule has 0 spiro atoms. The molecule has 1 aliphatic heterocycles. The monoisotopic (exact) mass is 265 g/mol. The van der Waals surface area contributed by atoms with E-state index >= 15 is 0 Å². The number of nitrogens with one attached hydrogen (secondary N) is 2. The molecule has 2 heterocycles. The molecule has 98 valence electrons. The van der Waals surface area contributed by atoms with Gasteiger partial charge in [0.05, 0.1) is 0 Å². The van der Waals surface area contributed by atoms with Crippen molar-refractivity contribution < 1.29 is 4.79 Å². The third-order valence-corrected chi connectivity index (χ3v) is 4.22. The van der Waals surface area contributed by atoms with Crippen molar-refractivity contribution in [3.63, 3.8) is 0 Å². The van der Waals surface area contributed by atoms with Crippen LogP contribution in [-0.2, 0) is 0 Å². The van der Waals surface area contributed by atoms with Crippen LogP contribution in [0.5, 0.6) is 0 Å². The largest absolute Gasteiger partial charge is 0.373 e. The topological polar surface area (TPSA) is 54.0 Å². The van der Waals surface area contributed by atoms with Crippen LogP contribution in [0.4, 0.5) is 5.82 Å². The number of anilines is 1. The van der Waals surface area contributed by atoms with Crippen molar-refractivity contribution in [2.75, 3.05) is 30.4 Å². The summed E-state index contributed by atoms with van der Waals surface area (Å²) in [6.45, 7) is 0.788. The minimum absolute atomic E-state index is 0.00729. The van der Waals surface area contributed by atoms with Crippen molar-refractivity contribution in [3.8, 4) is 0 Å². The summed E-state index contributed by atoms with van der Waals surface area (Å²) in [5.74, 6) is 3.80. The van der Waals surface area contributed by atoms with Crippen LogP contribution in [0, 0.1) is 5.92 Å². The molecule has 1 aliphatic rings. The van der Waals surface area contributed by atoms with Gasteiger partial charge in [-0.05, 0) is 42.4 Å². The summed E-state index contributed by atoms with van der Waals surface area (Å²) in [4.78, 5) is 16.1. The maximum atomic E-state index is 12.0. The summed E-state index contributed by atoms with van der Waals surface area (Å²) in [6.07, 6.45) is 4.07. The SMILES string of the molecule is CNc1cc(C(=O)NCC2CCSCC2)ccn1. The van der Waals surface area contributed by atoms with Crippen LogP contribution in [0.2, 0.25) is 0 Å². The van der Waals surface area contributed by atoms with E-state index in [0.717, 1.165) is 12.4 Å². The van der Waals surface area contributed by atoms with Crippen molar-refractivity contribution in [3.05, 3.63) is 23.9 Å². The van der Waals surface area contributed by atoms with Gasteiger partial charge in [0, 0.05) is 25.4 Å². The average Bonchev–Trinajstić information content (AvgIpc) is 2.46. The van der Waals surface area contributed by atoms with Gasteiger partial charge in [-0.2, -0.15) is 11.8 Å². The van der Waals surface area contributed by atoms with E-state index in [9.17, 15) is 4.79 Å². The van der Waals surface area contributed by atoms with E-state index in [4.69, 9.17) is 0 Å². The molecule has 0 saturated carbocycles. The van der Waals surface area contributed by atoms with Crippen LogP contribution in [0.1, 0.15) is 23.2 Å². The number of pyridine rings is 1. The fourth-order valence-corrected chi connectivity index (χ4v) is 3.20. The minimum Gasteiger partial charge on any atom is -0.373 e. The molecule has 1 aromatic rings. The van der Waals surface area contributed by atoms with Gasteiger partial charge in [0.2, 0.25) is 0 Å². The highest BCUT2D eigenvalue weighted by atomic mass is 32.2. The summed E-state index contributed by atoms with van der Waals surface area (Å²) < 4.78 is 0. The molecule has 5 heteroatoms. The predicted molar refractivity (Wildman–Crippen MR) is 76.2 cm³/mol. The van der Waals surface area contributed by atoms with Gasteiger partial charge in [-0.3, -0.25) is 4.79 Å². The number of nitrogens with zero attached hydrogens (tertiary/aromatic N) is 1. The first kappa shape index (κ1) is 13.2. The van der Waals surface area contributed by atoms with Crippen molar-refractivity contribution in [1.82, 2.24) is 10.3 Å². The zero-order valence-corrected chi connectivity index (χ0v) is 11.4. The van der Waals surface area contributed by atoms with Crippen LogP contribution in [-0.4, -0.2) is 36.0 Å². The zero-order valence-electron chi connectivity index (χ0n) is 10.6. The molecule has 0 radical (unpaired) electrons. The predicted octanol–water partition coefficient (Wildman–Crippen LogP) is 2.00. The van der Waals surface area contributed by atoms with Crippen molar-refractivity contribution in [1.29, 1.82) is 0 Å². The Morgan fingerprint density at radius 1 is 1.50 bits per heavy atom. The first-order valence-corrected chi connectivity index (χ1v) is 7.45. The Hall–Kier alpha value is -1.23. The molecule has 4 nitrogen and oxygen atoms in total. The highest BCUT2D eigenvalue weighted by Gasteiger charge is 2.15. The lowest BCUT2D eigenvalue weighted by Crippen LogP contribution is -2.31. The van der Waals surface area contributed by atoms with Crippen molar-refractivity contribution in [2.45, 2.75) is 12.8 Å². The Labute approximate surface area is 112 Å². The number of carbonyl (C=O) groups excluding carboxylic acids is 1. The molecule has 0 unspecified atom stereocenters. The van der Waals surface area contributed by atoms with Crippen LogP contribution < -0.4 is 10.6 Å². The fraction of sp³-hybridized carbons (Fsp3) is 0.538. The second-order valence-electron chi connectivity index (χ2n) is 4.45. The fourth-order valence-electron chi connectivity index (χ4n) is 2.00. The maximum absolute atomic E-state index is 12.0. The lowest BCUT2D eigenvalue weighted by Gasteiger charge is -2.21. The van der Waals surface area contributed by atoms with Gasteiger partial charge < -0.3 is 10.6 Å². The number of rotatable bonds is 4. The van der Waals surface area contributed by atoms with Gasteiger partial charge in [0.15, 0.2) is 0 Å². The highest BCUT2D eigenvalue weighted by Crippen LogP contribution is 2.21. The Kier molecular flexibility index (Phi) is 4.87. The summed E-state index contributed by atoms with van der Waals surface area (Å²) in [5, 5.41) is 5.95. The van der Waals surface area contributed by atoms with Crippen LogP contribution in [0.25, 0.3) is 0 Å². The number of carbonyl (C=O) groups is 1. The molecule has 1 fully saturated rings. The summed E-state index contributed by atoms with van der Waals surface area (Å²) in [7, 11) is 1.80. The normalized spacial score (nSPS) is 16.3. The second-order valence-corrected chi connectivity index (χ2v) is 5.67. The van der Waals surface area contributed by atoms with Crippen molar-refractivity contribution in [2.24, 2.45) is 5.92 Å². The lowest BCUT2D eigenvalue weighted by atomic mass is 10.0. The lowest BCUT2D eigenvalue weighted by molar-refractivity contribution is 0.0946. The van der Waals surface area contributed by atoms with Crippen LogP contribution in [0.15, 0.2) is 18.3 Å². The highest BCUT2D eigenvalue weighted by molar-refractivity contribution is 7.99. The number of hydrogen-bond acceptors (Lipinski definition) is 4. The van der Waals surface area contributed by atoms with E-state index in [2.05, 4.69) is 15.6 Å². The summed E-state index contributed by atoms with van der Waals surface area (Å²) in [5.41, 5.74) is 0.666. The average molecular weight is 265 g/mol. The van der Waals surface area contributed by atoms with Gasteiger partial charge in [-0.15, -0.1) is 0 Å². The van der Waals surface area contributed by atoms with Gasteiger partial charge in [0.1, 0.15) is 5.82 Å². The van der Waals surface area contributed by atoms with E-state index in [1.165, 1.54) is 24.3 Å². The number of aromatic nitrogens is 1. The molecule has 0 aliphatic carbocycles. The Morgan fingerprint density at radius 2 is 2.28 bits per heavy atom.